The summed E-state index contributed by atoms with van der Waals surface area (Å²) in [7, 11) is -3.92. The second-order valence-electron chi connectivity index (χ2n) is 9.23. The predicted octanol–water partition coefficient (Wildman–Crippen LogP) is 3.18. The zero-order valence-electron chi connectivity index (χ0n) is 22.2. The van der Waals surface area contributed by atoms with Crippen molar-refractivity contribution in [3.63, 3.8) is 0 Å². The Morgan fingerprint density at radius 3 is 2.52 bits per heavy atom. The van der Waals surface area contributed by atoms with Gasteiger partial charge in [0.15, 0.2) is 0 Å². The number of hydrogen-bond acceptors (Lipinski definition) is 11. The third-order valence-electron chi connectivity index (χ3n) is 6.44. The Morgan fingerprint density at radius 2 is 1.71 bits per heavy atom. The number of aromatic nitrogens is 5. The molecule has 6 rings (SSSR count). The fourth-order valence-electron chi connectivity index (χ4n) is 4.29. The van der Waals surface area contributed by atoms with E-state index in [9.17, 15) is 8.42 Å². The molecule has 0 unspecified atom stereocenters. The van der Waals surface area contributed by atoms with Gasteiger partial charge in [-0.25, -0.2) is 33.1 Å². The lowest BCUT2D eigenvalue weighted by Crippen LogP contribution is -2.36. The summed E-state index contributed by atoms with van der Waals surface area (Å²) in [6.07, 6.45) is 6.53. The molecule has 1 aliphatic rings. The molecular weight excluding hydrogens is 554 g/mol. The first kappa shape index (κ1) is 26.9. The van der Waals surface area contributed by atoms with Crippen LogP contribution in [0.15, 0.2) is 84.3 Å². The van der Waals surface area contributed by atoms with Crippen molar-refractivity contribution >= 4 is 49.9 Å². The molecule has 0 amide bonds. The van der Waals surface area contributed by atoms with Crippen LogP contribution in [0, 0.1) is 11.8 Å². The zero-order chi connectivity index (χ0) is 28.9. The Balaban J connectivity index is 1.18. The molecule has 42 heavy (non-hydrogen) atoms. The van der Waals surface area contributed by atoms with Crippen molar-refractivity contribution in [1.29, 1.82) is 0 Å². The molecule has 0 atom stereocenters. The van der Waals surface area contributed by atoms with Crippen LogP contribution in [0.5, 0.6) is 0 Å². The van der Waals surface area contributed by atoms with Gasteiger partial charge in [-0.1, -0.05) is 5.92 Å². The summed E-state index contributed by atoms with van der Waals surface area (Å²) >= 11 is 0. The number of rotatable bonds is 6. The molecule has 1 aromatic carbocycles. The number of pyridine rings is 3. The number of nitrogens with two attached hydrogens (primary N) is 1. The highest BCUT2D eigenvalue weighted by atomic mass is 32.2. The first-order valence-corrected chi connectivity index (χ1v) is 14.5. The second-order valence-corrected chi connectivity index (χ2v) is 10.9. The highest BCUT2D eigenvalue weighted by molar-refractivity contribution is 7.92. The third kappa shape index (κ3) is 6.04. The number of benzene rings is 1. The van der Waals surface area contributed by atoms with Crippen molar-refractivity contribution in [2.75, 3.05) is 47.0 Å². The van der Waals surface area contributed by atoms with E-state index in [4.69, 9.17) is 10.5 Å². The van der Waals surface area contributed by atoms with E-state index < -0.39 is 10.0 Å². The molecule has 5 heterocycles. The van der Waals surface area contributed by atoms with E-state index in [-0.39, 0.29) is 10.8 Å². The summed E-state index contributed by atoms with van der Waals surface area (Å²) in [6, 6.07) is 15.3. The largest absolute Gasteiger partial charge is 0.383 e. The van der Waals surface area contributed by atoms with Gasteiger partial charge in [-0.2, -0.15) is 4.98 Å². The summed E-state index contributed by atoms with van der Waals surface area (Å²) in [5.74, 6) is 7.63. The molecule has 210 valence electrons. The topological polar surface area (TPSA) is 161 Å². The van der Waals surface area contributed by atoms with Gasteiger partial charge in [0.1, 0.15) is 23.1 Å². The quantitative estimate of drug-likeness (QED) is 0.253. The van der Waals surface area contributed by atoms with Crippen LogP contribution in [-0.4, -0.2) is 59.6 Å². The molecule has 0 aliphatic carbocycles. The number of morpholine rings is 1. The molecule has 4 aromatic heterocycles. The maximum atomic E-state index is 13.0. The van der Waals surface area contributed by atoms with Crippen LogP contribution in [0.4, 0.5) is 29.1 Å². The van der Waals surface area contributed by atoms with E-state index in [0.29, 0.717) is 60.7 Å². The molecule has 0 saturated carbocycles. The standard InChI is InChI=1S/C29H25N9O3S/c30-28-20(2-1-11-32-28)3-8-25-24-18-26(34-19-21(24)9-12-31-25)35-22-4-6-23(7-5-22)42(39,40)37-29-33-13-10-27(36-29)38-14-16-41-17-15-38/h1-2,4-7,9-13,18-19H,14-17H2,(H2,30,32)(H,34,35)(H,33,36,37). The predicted molar refractivity (Wildman–Crippen MR) is 160 cm³/mol. The Bertz CT molecular complexity index is 1920. The van der Waals surface area contributed by atoms with Gasteiger partial charge in [-0.15, -0.1) is 0 Å². The lowest BCUT2D eigenvalue weighted by atomic mass is 10.1. The van der Waals surface area contributed by atoms with Crippen molar-refractivity contribution in [2.45, 2.75) is 4.90 Å². The van der Waals surface area contributed by atoms with Crippen LogP contribution in [0.2, 0.25) is 0 Å². The summed E-state index contributed by atoms with van der Waals surface area (Å²) in [4.78, 5) is 23.5. The number of anilines is 5. The van der Waals surface area contributed by atoms with Crippen molar-refractivity contribution in [3.05, 3.63) is 90.6 Å². The zero-order valence-corrected chi connectivity index (χ0v) is 23.0. The van der Waals surface area contributed by atoms with Crippen LogP contribution in [0.25, 0.3) is 10.8 Å². The summed E-state index contributed by atoms with van der Waals surface area (Å²) in [6.45, 7) is 2.53. The van der Waals surface area contributed by atoms with Gasteiger partial charge in [0, 0.05) is 54.3 Å². The average Bonchev–Trinajstić information content (AvgIpc) is 3.01. The summed E-state index contributed by atoms with van der Waals surface area (Å²) < 4.78 is 33.9. The molecule has 4 N–H and O–H groups in total. The minimum absolute atomic E-state index is 0.000263. The molecule has 1 saturated heterocycles. The van der Waals surface area contributed by atoms with Gasteiger partial charge in [-0.05, 0) is 60.5 Å². The Kier molecular flexibility index (Phi) is 7.46. The Labute approximate surface area is 242 Å². The van der Waals surface area contributed by atoms with E-state index in [0.717, 1.165) is 10.8 Å². The van der Waals surface area contributed by atoms with Crippen LogP contribution >= 0.6 is 0 Å². The fourth-order valence-corrected chi connectivity index (χ4v) is 5.25. The highest BCUT2D eigenvalue weighted by Gasteiger charge is 2.18. The van der Waals surface area contributed by atoms with Crippen molar-refractivity contribution in [2.24, 2.45) is 0 Å². The average molecular weight is 580 g/mol. The van der Waals surface area contributed by atoms with Crippen molar-refractivity contribution in [3.8, 4) is 11.8 Å². The second kappa shape index (κ2) is 11.7. The number of ether oxygens (including phenoxy) is 1. The molecule has 0 radical (unpaired) electrons. The number of nitrogens with zero attached hydrogens (tertiary/aromatic N) is 6. The van der Waals surface area contributed by atoms with E-state index >= 15 is 0 Å². The first-order valence-electron chi connectivity index (χ1n) is 13.0. The minimum Gasteiger partial charge on any atom is -0.383 e. The first-order chi connectivity index (χ1) is 20.4. The highest BCUT2D eigenvalue weighted by Crippen LogP contribution is 2.24. The molecule has 0 bridgehead atoms. The monoisotopic (exact) mass is 579 g/mol. The van der Waals surface area contributed by atoms with Crippen molar-refractivity contribution in [1.82, 2.24) is 24.9 Å². The number of sulfonamides is 1. The Hall–Kier alpha value is -5.32. The minimum atomic E-state index is -3.92. The molecule has 1 fully saturated rings. The van der Waals surface area contributed by atoms with E-state index in [1.54, 1.807) is 48.9 Å². The third-order valence-corrected chi connectivity index (χ3v) is 7.78. The van der Waals surface area contributed by atoms with Gasteiger partial charge < -0.3 is 20.7 Å². The van der Waals surface area contributed by atoms with Crippen molar-refractivity contribution < 1.29 is 13.2 Å². The fraction of sp³-hybridized carbons (Fsp3) is 0.138. The van der Waals surface area contributed by atoms with E-state index in [1.165, 1.54) is 18.3 Å². The molecule has 13 heteroatoms. The lowest BCUT2D eigenvalue weighted by molar-refractivity contribution is 0.122. The maximum absolute atomic E-state index is 13.0. The van der Waals surface area contributed by atoms with E-state index in [2.05, 4.69) is 46.8 Å². The van der Waals surface area contributed by atoms with Gasteiger partial charge in [0.25, 0.3) is 10.0 Å². The summed E-state index contributed by atoms with van der Waals surface area (Å²) in [5, 5.41) is 4.87. The van der Waals surface area contributed by atoms with Crippen LogP contribution in [0.3, 0.4) is 0 Å². The molecule has 5 aromatic rings. The SMILES string of the molecule is Nc1ncccc1C#Cc1nccc2cnc(Nc3ccc(S(=O)(=O)Nc4nccc(N5CCOCC5)n4)cc3)cc12. The number of nitrogens with one attached hydrogen (secondary N) is 2. The lowest BCUT2D eigenvalue weighted by Gasteiger charge is -2.27. The number of hydrogen-bond donors (Lipinski definition) is 3. The number of nitrogen functional groups attached to an aromatic ring is 1. The smallest absolute Gasteiger partial charge is 0.264 e. The summed E-state index contributed by atoms with van der Waals surface area (Å²) in [5.41, 5.74) is 7.73. The van der Waals surface area contributed by atoms with Gasteiger partial charge in [-0.3, -0.25) is 0 Å². The van der Waals surface area contributed by atoms with Crippen LogP contribution < -0.4 is 20.7 Å². The van der Waals surface area contributed by atoms with Gasteiger partial charge in [0.2, 0.25) is 5.95 Å². The van der Waals surface area contributed by atoms with E-state index in [1.807, 2.05) is 17.0 Å². The normalized spacial score (nSPS) is 13.3. The number of fused-ring (bicyclic) bond motifs is 1. The molecular formula is C29H25N9O3S. The molecule has 12 nitrogen and oxygen atoms in total. The van der Waals surface area contributed by atoms with Gasteiger partial charge >= 0.3 is 0 Å². The molecule has 1 aliphatic heterocycles. The Morgan fingerprint density at radius 1 is 0.905 bits per heavy atom. The van der Waals surface area contributed by atoms with Gasteiger partial charge in [0.05, 0.1) is 23.7 Å². The maximum Gasteiger partial charge on any atom is 0.264 e. The molecule has 0 spiro atoms. The van der Waals surface area contributed by atoms with Crippen LogP contribution in [0.1, 0.15) is 11.3 Å². The van der Waals surface area contributed by atoms with Crippen LogP contribution in [-0.2, 0) is 14.8 Å².